The van der Waals surface area contributed by atoms with Crippen LogP contribution in [0.3, 0.4) is 0 Å². The summed E-state index contributed by atoms with van der Waals surface area (Å²) in [6.45, 7) is 5.64. The van der Waals surface area contributed by atoms with E-state index >= 15 is 0 Å². The second-order valence-corrected chi connectivity index (χ2v) is 14.0. The van der Waals surface area contributed by atoms with Gasteiger partial charge in [-0.05, 0) is 69.6 Å². The first-order valence-electron chi connectivity index (χ1n) is 17.6. The van der Waals surface area contributed by atoms with Gasteiger partial charge in [0.25, 0.3) is 17.4 Å². The number of likely N-dealkylation sites (tertiary alicyclic amines) is 1. The molecule has 14 nitrogen and oxygen atoms in total. The summed E-state index contributed by atoms with van der Waals surface area (Å²) in [7, 11) is 0. The van der Waals surface area contributed by atoms with Crippen LogP contribution in [-0.4, -0.2) is 85.6 Å². The molecule has 5 heterocycles. The van der Waals surface area contributed by atoms with Crippen LogP contribution >= 0.6 is 0 Å². The van der Waals surface area contributed by atoms with Crippen LogP contribution in [-0.2, 0) is 14.4 Å². The molecule has 2 saturated heterocycles. The van der Waals surface area contributed by atoms with Crippen molar-refractivity contribution in [3.8, 4) is 0 Å². The smallest absolute Gasteiger partial charge is 0.264 e. The van der Waals surface area contributed by atoms with Gasteiger partial charge in [0, 0.05) is 67.4 Å². The fourth-order valence-corrected chi connectivity index (χ4v) is 7.88. The third-order valence-corrected chi connectivity index (χ3v) is 10.6. The predicted octanol–water partition coefficient (Wildman–Crippen LogP) is 3.16. The zero-order valence-electron chi connectivity index (χ0n) is 28.4. The molecule has 1 saturated carbocycles. The summed E-state index contributed by atoms with van der Waals surface area (Å²) in [4.78, 5) is 88.9. The van der Waals surface area contributed by atoms with E-state index in [9.17, 15) is 28.8 Å². The molecule has 14 heteroatoms. The van der Waals surface area contributed by atoms with Crippen LogP contribution in [0.25, 0.3) is 11.0 Å². The number of hydrogen-bond acceptors (Lipinski definition) is 10. The van der Waals surface area contributed by atoms with E-state index in [0.717, 1.165) is 42.4 Å². The van der Waals surface area contributed by atoms with Crippen LogP contribution in [0.1, 0.15) is 97.0 Å². The number of piperidine rings is 2. The van der Waals surface area contributed by atoms with E-state index < -0.39 is 29.7 Å². The van der Waals surface area contributed by atoms with Crippen molar-refractivity contribution in [1.82, 2.24) is 29.7 Å². The largest absolute Gasteiger partial charge is 0.384 e. The van der Waals surface area contributed by atoms with E-state index in [-0.39, 0.29) is 47.5 Å². The van der Waals surface area contributed by atoms with Gasteiger partial charge >= 0.3 is 0 Å². The average Bonchev–Trinajstić information content (AvgIpc) is 3.63. The van der Waals surface area contributed by atoms with Crippen molar-refractivity contribution in [2.24, 2.45) is 5.92 Å². The van der Waals surface area contributed by atoms with Gasteiger partial charge in [0.1, 0.15) is 11.7 Å². The van der Waals surface area contributed by atoms with Crippen molar-refractivity contribution in [2.45, 2.75) is 89.8 Å². The van der Waals surface area contributed by atoms with E-state index in [4.69, 9.17) is 4.98 Å². The highest BCUT2D eigenvalue weighted by Gasteiger charge is 2.45. The first-order valence-corrected chi connectivity index (χ1v) is 17.6. The van der Waals surface area contributed by atoms with Crippen molar-refractivity contribution in [2.75, 3.05) is 30.3 Å². The topological polar surface area (TPSA) is 176 Å². The highest BCUT2D eigenvalue weighted by atomic mass is 16.2. The molecule has 3 aromatic rings. The Balaban J connectivity index is 0.910. The maximum Gasteiger partial charge on any atom is 0.264 e. The highest BCUT2D eigenvalue weighted by molar-refractivity contribution is 6.25. The molecule has 1 unspecified atom stereocenters. The van der Waals surface area contributed by atoms with Gasteiger partial charge in [0.05, 0.1) is 11.1 Å². The molecule has 1 aliphatic carbocycles. The Bertz CT molecular complexity index is 1950. The zero-order valence-corrected chi connectivity index (χ0v) is 28.4. The molecule has 50 heavy (non-hydrogen) atoms. The summed E-state index contributed by atoms with van der Waals surface area (Å²) < 4.78 is 1.88. The van der Waals surface area contributed by atoms with E-state index in [0.29, 0.717) is 61.2 Å². The average molecular weight is 683 g/mol. The van der Waals surface area contributed by atoms with Gasteiger partial charge in [-0.1, -0.05) is 19.4 Å². The van der Waals surface area contributed by atoms with Gasteiger partial charge in [0.2, 0.25) is 23.7 Å². The van der Waals surface area contributed by atoms with Gasteiger partial charge in [-0.15, -0.1) is 0 Å². The molecule has 3 aliphatic heterocycles. The van der Waals surface area contributed by atoms with E-state index in [2.05, 4.69) is 27.9 Å². The molecule has 7 rings (SSSR count). The Morgan fingerprint density at radius 3 is 2.56 bits per heavy atom. The molecule has 3 fully saturated rings. The summed E-state index contributed by atoms with van der Waals surface area (Å²) in [6, 6.07) is 5.98. The molecule has 0 spiro atoms. The third-order valence-electron chi connectivity index (χ3n) is 10.6. The quantitative estimate of drug-likeness (QED) is 0.225. The third kappa shape index (κ3) is 6.22. The van der Waals surface area contributed by atoms with E-state index in [1.165, 1.54) is 0 Å². The summed E-state index contributed by atoms with van der Waals surface area (Å²) in [5.41, 5.74) is 2.25. The molecule has 0 radical (unpaired) electrons. The predicted molar refractivity (Wildman–Crippen MR) is 185 cm³/mol. The molecular weight excluding hydrogens is 640 g/mol. The minimum absolute atomic E-state index is 0.00983. The molecule has 2 aromatic heterocycles. The van der Waals surface area contributed by atoms with E-state index in [1.54, 1.807) is 24.4 Å². The number of pyridine rings is 1. The van der Waals surface area contributed by atoms with Gasteiger partial charge in [0.15, 0.2) is 0 Å². The fourth-order valence-electron chi connectivity index (χ4n) is 7.88. The molecule has 0 bridgehead atoms. The number of nitrogens with zero attached hydrogens (tertiary/aromatic N) is 5. The molecule has 5 amide bonds. The van der Waals surface area contributed by atoms with Crippen LogP contribution < -0.4 is 21.5 Å². The van der Waals surface area contributed by atoms with Crippen LogP contribution in [0.15, 0.2) is 35.3 Å². The minimum Gasteiger partial charge on any atom is -0.384 e. The SMILES string of the molecule is Cc1cc2cnc(NC3CCN(C(=O)CCCNc4cccc5c4C(=O)N(C4CCC(=O)NC4=O)C5=O)CC3)nc2n([C@@H]2CCC[C@@H]2C)c1=O. The summed E-state index contributed by atoms with van der Waals surface area (Å²) >= 11 is 0. The van der Waals surface area contributed by atoms with Gasteiger partial charge in [-0.25, -0.2) is 4.98 Å². The first-order chi connectivity index (χ1) is 24.1. The number of benzene rings is 1. The second kappa shape index (κ2) is 13.6. The molecule has 262 valence electrons. The number of aryl methyl sites for hydroxylation is 1. The number of amides is 5. The summed E-state index contributed by atoms with van der Waals surface area (Å²) in [5.74, 6) is -1.26. The maximum absolute atomic E-state index is 13.3. The zero-order chi connectivity index (χ0) is 35.1. The van der Waals surface area contributed by atoms with Gasteiger partial charge < -0.3 is 15.5 Å². The number of rotatable bonds is 9. The Hall–Kier alpha value is -5.14. The number of carbonyl (C=O) groups is 5. The fraction of sp³-hybridized carbons (Fsp3) is 0.500. The lowest BCUT2D eigenvalue weighted by Crippen LogP contribution is -2.54. The van der Waals surface area contributed by atoms with E-state index in [1.807, 2.05) is 22.5 Å². The number of anilines is 2. The number of imide groups is 2. The van der Waals surface area contributed by atoms with Crippen molar-refractivity contribution in [1.29, 1.82) is 0 Å². The molecular formula is C36H42N8O6. The number of aromatic nitrogens is 3. The summed E-state index contributed by atoms with van der Waals surface area (Å²) in [6.07, 6.45) is 7.41. The Labute approximate surface area is 289 Å². The minimum atomic E-state index is -1.03. The Morgan fingerprint density at radius 1 is 1.02 bits per heavy atom. The molecule has 4 aliphatic rings. The standard InChI is InChI=1S/C36H42N8O6/c1-20-6-3-9-26(20)43-31-22(18-21(2)33(43)48)19-38-36(41-31)39-23-13-16-42(17-14-23)29(46)10-5-15-37-25-8-4-7-24-30(25)35(50)44(34(24)49)27-11-12-28(45)40-32(27)47/h4,7-8,18-20,23,26-27,37H,3,5-6,9-17H2,1-2H3,(H,38,39,41)(H,40,45,47)/t20-,26+,27?/m0/s1. The van der Waals surface area contributed by atoms with Crippen LogP contribution in [0.4, 0.5) is 11.6 Å². The van der Waals surface area contributed by atoms with Crippen molar-refractivity contribution < 1.29 is 24.0 Å². The Morgan fingerprint density at radius 2 is 1.82 bits per heavy atom. The van der Waals surface area contributed by atoms with Crippen molar-refractivity contribution in [3.05, 3.63) is 57.5 Å². The van der Waals surface area contributed by atoms with Crippen LogP contribution in [0, 0.1) is 12.8 Å². The lowest BCUT2D eigenvalue weighted by Gasteiger charge is -2.32. The highest BCUT2D eigenvalue weighted by Crippen LogP contribution is 2.36. The lowest BCUT2D eigenvalue weighted by atomic mass is 10.0. The molecule has 1 aromatic carbocycles. The Kier molecular flexibility index (Phi) is 9.10. The summed E-state index contributed by atoms with van der Waals surface area (Å²) in [5, 5.41) is 9.71. The van der Waals surface area contributed by atoms with Crippen LogP contribution in [0.2, 0.25) is 0 Å². The van der Waals surface area contributed by atoms with Gasteiger partial charge in [-0.3, -0.25) is 43.6 Å². The van der Waals surface area contributed by atoms with Crippen LogP contribution in [0.5, 0.6) is 0 Å². The van der Waals surface area contributed by atoms with Crippen molar-refractivity contribution >= 4 is 52.2 Å². The molecule has 3 atom stereocenters. The number of nitrogens with one attached hydrogen (secondary N) is 3. The first kappa shape index (κ1) is 33.4. The number of hydrogen-bond donors (Lipinski definition) is 3. The normalized spacial score (nSPS) is 22.6. The maximum atomic E-state index is 13.3. The second-order valence-electron chi connectivity index (χ2n) is 14.0. The monoisotopic (exact) mass is 682 g/mol. The molecule has 3 N–H and O–H groups in total. The van der Waals surface area contributed by atoms with Crippen molar-refractivity contribution in [3.63, 3.8) is 0 Å². The number of carbonyl (C=O) groups excluding carboxylic acids is 5. The lowest BCUT2D eigenvalue weighted by molar-refractivity contribution is -0.136. The number of fused-ring (bicyclic) bond motifs is 2. The van der Waals surface area contributed by atoms with Gasteiger partial charge in [-0.2, -0.15) is 4.98 Å².